The maximum absolute atomic E-state index is 5.96. The Balaban J connectivity index is 1.68. The van der Waals surface area contributed by atoms with Crippen molar-refractivity contribution in [2.75, 3.05) is 13.7 Å². The normalized spacial score (nSPS) is 11.5. The predicted octanol–water partition coefficient (Wildman–Crippen LogP) is 5.59. The van der Waals surface area contributed by atoms with Crippen molar-refractivity contribution < 1.29 is 9.47 Å². The van der Waals surface area contributed by atoms with Gasteiger partial charge in [-0.2, -0.15) is 0 Å². The van der Waals surface area contributed by atoms with Crippen LogP contribution in [0.25, 0.3) is 0 Å². The van der Waals surface area contributed by atoms with Crippen LogP contribution in [-0.4, -0.2) is 19.6 Å². The molecule has 3 nitrogen and oxygen atoms in total. The number of rotatable bonds is 7. The molecule has 0 aliphatic rings. The van der Waals surface area contributed by atoms with E-state index in [0.29, 0.717) is 12.5 Å². The van der Waals surface area contributed by atoms with Crippen LogP contribution in [0.3, 0.4) is 0 Å². The molecule has 0 aliphatic carbocycles. The molecule has 0 saturated carbocycles. The minimum atomic E-state index is 0.469. The maximum Gasteiger partial charge on any atom is 0.221 e. The first kappa shape index (κ1) is 18.5. The van der Waals surface area contributed by atoms with Crippen molar-refractivity contribution in [1.82, 2.24) is 0 Å². The van der Waals surface area contributed by atoms with E-state index in [4.69, 9.17) is 9.47 Å². The molecule has 0 aromatic heterocycles. The molecule has 0 atom stereocenters. The first-order valence-electron chi connectivity index (χ1n) is 8.95. The quantitative estimate of drug-likeness (QED) is 0.313. The summed E-state index contributed by atoms with van der Waals surface area (Å²) in [6.45, 7) is 0.469. The Morgan fingerprint density at radius 1 is 0.815 bits per heavy atom. The van der Waals surface area contributed by atoms with Gasteiger partial charge in [-0.3, -0.25) is 0 Å². The molecule has 0 radical (unpaired) electrons. The highest BCUT2D eigenvalue weighted by Crippen LogP contribution is 2.19. The minimum Gasteiger partial charge on any atom is -0.497 e. The summed E-state index contributed by atoms with van der Waals surface area (Å²) in [7, 11) is 1.65. The molecule has 0 spiro atoms. The smallest absolute Gasteiger partial charge is 0.221 e. The highest BCUT2D eigenvalue weighted by molar-refractivity contribution is 5.95. The third-order valence-corrected chi connectivity index (χ3v) is 4.00. The van der Waals surface area contributed by atoms with E-state index in [1.807, 2.05) is 66.7 Å². The Labute approximate surface area is 160 Å². The van der Waals surface area contributed by atoms with Crippen LogP contribution in [0.1, 0.15) is 11.1 Å². The molecule has 0 amide bonds. The minimum absolute atomic E-state index is 0.469. The van der Waals surface area contributed by atoms with Gasteiger partial charge < -0.3 is 9.47 Å². The lowest BCUT2D eigenvalue weighted by atomic mass is 10.1. The third kappa shape index (κ3) is 5.86. The zero-order valence-electron chi connectivity index (χ0n) is 15.4. The lowest BCUT2D eigenvalue weighted by Crippen LogP contribution is -2.06. The second-order valence-electron chi connectivity index (χ2n) is 5.95. The summed E-state index contributed by atoms with van der Waals surface area (Å²) in [6, 6.07) is 27.9. The van der Waals surface area contributed by atoms with Crippen LogP contribution in [0.5, 0.6) is 5.75 Å². The summed E-state index contributed by atoms with van der Waals surface area (Å²) < 4.78 is 11.2. The van der Waals surface area contributed by atoms with Crippen LogP contribution in [0.2, 0.25) is 0 Å². The Kier molecular flexibility index (Phi) is 6.82. The molecule has 0 bridgehead atoms. The molecule has 3 rings (SSSR count). The number of nitrogens with zero attached hydrogens (tertiary/aromatic N) is 1. The molecule has 3 heteroatoms. The van der Waals surface area contributed by atoms with Gasteiger partial charge in [0.25, 0.3) is 0 Å². The van der Waals surface area contributed by atoms with Gasteiger partial charge in [0.15, 0.2) is 0 Å². The molecule has 136 valence electrons. The second-order valence-corrected chi connectivity index (χ2v) is 5.95. The Morgan fingerprint density at radius 2 is 1.48 bits per heavy atom. The molecule has 0 heterocycles. The van der Waals surface area contributed by atoms with Crippen LogP contribution in [0.4, 0.5) is 5.69 Å². The van der Waals surface area contributed by atoms with Gasteiger partial charge in [0, 0.05) is 5.56 Å². The fourth-order valence-electron chi connectivity index (χ4n) is 2.56. The van der Waals surface area contributed by atoms with Crippen molar-refractivity contribution in [1.29, 1.82) is 0 Å². The molecule has 0 unspecified atom stereocenters. The van der Waals surface area contributed by atoms with E-state index in [9.17, 15) is 0 Å². The summed E-state index contributed by atoms with van der Waals surface area (Å²) in [4.78, 5) is 4.67. The molecule has 3 aromatic carbocycles. The third-order valence-electron chi connectivity index (χ3n) is 4.00. The zero-order chi connectivity index (χ0) is 18.7. The van der Waals surface area contributed by atoms with Crippen molar-refractivity contribution in [2.24, 2.45) is 4.99 Å². The summed E-state index contributed by atoms with van der Waals surface area (Å²) in [5.41, 5.74) is 3.05. The van der Waals surface area contributed by atoms with Gasteiger partial charge in [-0.15, -0.1) is 0 Å². The average Bonchev–Trinajstić information content (AvgIpc) is 2.74. The summed E-state index contributed by atoms with van der Waals surface area (Å²) in [6.07, 6.45) is 5.03. The Bertz CT molecular complexity index is 869. The van der Waals surface area contributed by atoms with Gasteiger partial charge in [-0.05, 0) is 48.4 Å². The van der Waals surface area contributed by atoms with E-state index in [1.54, 1.807) is 7.11 Å². The number of allylic oxidation sites excluding steroid dienone is 1. The van der Waals surface area contributed by atoms with Crippen LogP contribution in [0, 0.1) is 0 Å². The van der Waals surface area contributed by atoms with E-state index in [-0.39, 0.29) is 0 Å². The molecular formula is C24H23NO2. The highest BCUT2D eigenvalue weighted by atomic mass is 16.5. The Morgan fingerprint density at radius 3 is 2.15 bits per heavy atom. The van der Waals surface area contributed by atoms with Gasteiger partial charge in [-0.1, -0.05) is 60.7 Å². The number of hydrogen-bond acceptors (Lipinski definition) is 3. The first-order valence-corrected chi connectivity index (χ1v) is 8.95. The lowest BCUT2D eigenvalue weighted by molar-refractivity contribution is 0.351. The van der Waals surface area contributed by atoms with E-state index < -0.39 is 0 Å². The lowest BCUT2D eigenvalue weighted by Gasteiger charge is -2.08. The topological polar surface area (TPSA) is 30.8 Å². The van der Waals surface area contributed by atoms with Crippen LogP contribution >= 0.6 is 0 Å². The largest absolute Gasteiger partial charge is 0.497 e. The number of methoxy groups -OCH3 is 1. The van der Waals surface area contributed by atoms with Crippen molar-refractivity contribution in [3.05, 3.63) is 108 Å². The molecule has 0 N–H and O–H groups in total. The summed E-state index contributed by atoms with van der Waals surface area (Å²) in [5.74, 6) is 1.41. The summed E-state index contributed by atoms with van der Waals surface area (Å²) >= 11 is 0. The van der Waals surface area contributed by atoms with Gasteiger partial charge in [-0.25, -0.2) is 4.99 Å². The van der Waals surface area contributed by atoms with Crippen LogP contribution in [0.15, 0.2) is 102 Å². The standard InChI is InChI=1S/C24H23NO2/c1-26-23-17-15-22(16-18-23)25-24(21-13-6-3-7-14-21)27-19-9-8-12-20-10-4-2-5-11-20/h2-11,13-18H,12,19H2,1H3/b9-8+,25-24?. The zero-order valence-corrected chi connectivity index (χ0v) is 15.4. The van der Waals surface area contributed by atoms with Crippen molar-refractivity contribution in [3.63, 3.8) is 0 Å². The summed E-state index contributed by atoms with van der Waals surface area (Å²) in [5, 5.41) is 0. The highest BCUT2D eigenvalue weighted by Gasteiger charge is 2.04. The number of ether oxygens (including phenoxy) is 2. The van der Waals surface area contributed by atoms with E-state index in [0.717, 1.165) is 23.4 Å². The van der Waals surface area contributed by atoms with Gasteiger partial charge in [0.2, 0.25) is 5.90 Å². The second kappa shape index (κ2) is 9.97. The van der Waals surface area contributed by atoms with E-state index in [1.165, 1.54) is 5.56 Å². The van der Waals surface area contributed by atoms with E-state index >= 15 is 0 Å². The van der Waals surface area contributed by atoms with E-state index in [2.05, 4.69) is 35.3 Å². The molecule has 0 fully saturated rings. The number of aliphatic imine (C=N–C) groups is 1. The number of hydrogen-bond donors (Lipinski definition) is 0. The van der Waals surface area contributed by atoms with Gasteiger partial charge >= 0.3 is 0 Å². The first-order chi connectivity index (χ1) is 13.3. The predicted molar refractivity (Wildman–Crippen MR) is 111 cm³/mol. The number of benzene rings is 3. The Hall–Kier alpha value is -3.33. The molecular weight excluding hydrogens is 334 g/mol. The molecule has 27 heavy (non-hydrogen) atoms. The SMILES string of the molecule is COc1ccc(N=C(OC/C=C/Cc2ccccc2)c2ccccc2)cc1. The van der Waals surface area contributed by atoms with Crippen molar-refractivity contribution >= 4 is 11.6 Å². The van der Waals surface area contributed by atoms with Crippen LogP contribution < -0.4 is 4.74 Å². The molecule has 0 aliphatic heterocycles. The molecule has 3 aromatic rings. The maximum atomic E-state index is 5.96. The average molecular weight is 357 g/mol. The fourth-order valence-corrected chi connectivity index (χ4v) is 2.56. The van der Waals surface area contributed by atoms with Gasteiger partial charge in [0.05, 0.1) is 12.8 Å². The van der Waals surface area contributed by atoms with Crippen molar-refractivity contribution in [2.45, 2.75) is 6.42 Å². The fraction of sp³-hybridized carbons (Fsp3) is 0.125. The van der Waals surface area contributed by atoms with Crippen LogP contribution in [-0.2, 0) is 11.2 Å². The molecule has 0 saturated heterocycles. The van der Waals surface area contributed by atoms with Gasteiger partial charge in [0.1, 0.15) is 12.4 Å². The monoisotopic (exact) mass is 357 g/mol. The van der Waals surface area contributed by atoms with Crippen molar-refractivity contribution in [3.8, 4) is 5.75 Å².